The maximum Gasteiger partial charge on any atom is 0.293 e. The first-order valence-corrected chi connectivity index (χ1v) is 11.1. The van der Waals surface area contributed by atoms with Crippen molar-refractivity contribution in [3.8, 4) is 0 Å². The van der Waals surface area contributed by atoms with Crippen molar-refractivity contribution in [3.05, 3.63) is 58.6 Å². The molecular formula is C18H25ClN4O4S2. The first-order chi connectivity index (χ1) is 13.2. The zero-order valence-electron chi connectivity index (χ0n) is 16.1. The Morgan fingerprint density at radius 1 is 1.21 bits per heavy atom. The normalized spacial score (nSPS) is 12.3. The van der Waals surface area contributed by atoms with Crippen molar-refractivity contribution in [3.63, 3.8) is 0 Å². The fourth-order valence-electron chi connectivity index (χ4n) is 2.51. The van der Waals surface area contributed by atoms with Crippen LogP contribution in [0.25, 0.3) is 0 Å². The molecule has 0 saturated heterocycles. The number of nitrogens with two attached hydrogens (primary N) is 1. The van der Waals surface area contributed by atoms with Crippen LogP contribution in [-0.2, 0) is 10.0 Å². The number of halogens is 1. The Bertz CT molecular complexity index is 911. The van der Waals surface area contributed by atoms with Crippen molar-refractivity contribution < 1.29 is 13.3 Å². The van der Waals surface area contributed by atoms with Gasteiger partial charge in [0.25, 0.3) is 5.69 Å². The number of anilines is 1. The van der Waals surface area contributed by atoms with Crippen LogP contribution in [0.3, 0.4) is 0 Å². The Hall–Kier alpha value is -1.85. The van der Waals surface area contributed by atoms with Crippen LogP contribution in [0.15, 0.2) is 58.3 Å². The fourth-order valence-corrected chi connectivity index (χ4v) is 4.03. The molecule has 0 radical (unpaired) electrons. The average Bonchev–Trinajstić information content (AvgIpc) is 2.63. The highest BCUT2D eigenvalue weighted by atomic mass is 35.5. The molecule has 2 aromatic rings. The Kier molecular flexibility index (Phi) is 9.87. The molecule has 0 aliphatic heterocycles. The molecule has 2 rings (SSSR count). The minimum Gasteiger partial charge on any atom is -0.376 e. The summed E-state index contributed by atoms with van der Waals surface area (Å²) in [5.74, 6) is 0.700. The molecular weight excluding hydrogens is 436 g/mol. The SMILES string of the molecule is CN(C)CC[C@H](CSc1ccccc1)Nc1ccc(S(N)(=O)=O)cc1[N+](=O)[O-].Cl. The fraction of sp³-hybridized carbons (Fsp3) is 0.333. The lowest BCUT2D eigenvalue weighted by atomic mass is 10.2. The number of primary sulfonamides is 1. The third kappa shape index (κ3) is 8.19. The topological polar surface area (TPSA) is 119 Å². The summed E-state index contributed by atoms with van der Waals surface area (Å²) < 4.78 is 23.0. The van der Waals surface area contributed by atoms with E-state index in [0.717, 1.165) is 23.9 Å². The molecule has 0 aromatic heterocycles. The van der Waals surface area contributed by atoms with E-state index in [9.17, 15) is 18.5 Å². The van der Waals surface area contributed by atoms with Gasteiger partial charge in [-0.15, -0.1) is 24.2 Å². The number of hydrogen-bond donors (Lipinski definition) is 2. The molecule has 8 nitrogen and oxygen atoms in total. The lowest BCUT2D eigenvalue weighted by Crippen LogP contribution is -2.28. The largest absolute Gasteiger partial charge is 0.376 e. The smallest absolute Gasteiger partial charge is 0.293 e. The summed E-state index contributed by atoms with van der Waals surface area (Å²) >= 11 is 1.65. The van der Waals surface area contributed by atoms with Gasteiger partial charge in [-0.25, -0.2) is 13.6 Å². The Morgan fingerprint density at radius 3 is 2.41 bits per heavy atom. The zero-order valence-corrected chi connectivity index (χ0v) is 18.6. The van der Waals surface area contributed by atoms with Gasteiger partial charge in [0.1, 0.15) is 5.69 Å². The highest BCUT2D eigenvalue weighted by Crippen LogP contribution is 2.29. The number of sulfonamides is 1. The molecule has 1 atom stereocenters. The number of nitro benzene ring substituents is 1. The molecule has 0 unspecified atom stereocenters. The molecule has 0 aliphatic rings. The quantitative estimate of drug-likeness (QED) is 0.317. The van der Waals surface area contributed by atoms with E-state index in [1.165, 1.54) is 12.1 Å². The average molecular weight is 461 g/mol. The third-order valence-electron chi connectivity index (χ3n) is 3.97. The monoisotopic (exact) mass is 460 g/mol. The number of thioether (sulfide) groups is 1. The number of benzene rings is 2. The van der Waals surface area contributed by atoms with Gasteiger partial charge in [0.15, 0.2) is 0 Å². The molecule has 0 fully saturated rings. The minimum absolute atomic E-state index is 0. The van der Waals surface area contributed by atoms with Gasteiger partial charge in [0, 0.05) is 22.8 Å². The Morgan fingerprint density at radius 2 is 1.86 bits per heavy atom. The zero-order chi connectivity index (χ0) is 20.7. The minimum atomic E-state index is -4.01. The van der Waals surface area contributed by atoms with E-state index in [1.807, 2.05) is 49.3 Å². The molecule has 0 heterocycles. The van der Waals surface area contributed by atoms with Crippen molar-refractivity contribution in [2.24, 2.45) is 5.14 Å². The van der Waals surface area contributed by atoms with Gasteiger partial charge in [-0.3, -0.25) is 10.1 Å². The Labute approximate surface area is 181 Å². The molecule has 160 valence electrons. The second-order valence-corrected chi connectivity index (χ2v) is 9.19. The van der Waals surface area contributed by atoms with E-state index < -0.39 is 14.9 Å². The number of nitrogens with zero attached hydrogens (tertiary/aromatic N) is 2. The van der Waals surface area contributed by atoms with Crippen LogP contribution >= 0.6 is 24.2 Å². The third-order valence-corrected chi connectivity index (χ3v) is 6.06. The molecule has 0 bridgehead atoms. The predicted octanol–water partition coefficient (Wildman–Crippen LogP) is 3.19. The van der Waals surface area contributed by atoms with Crippen LogP contribution in [0.4, 0.5) is 11.4 Å². The molecule has 0 aliphatic carbocycles. The number of hydrogen-bond acceptors (Lipinski definition) is 7. The van der Waals surface area contributed by atoms with Gasteiger partial charge < -0.3 is 10.2 Å². The van der Waals surface area contributed by atoms with E-state index in [0.29, 0.717) is 5.75 Å². The van der Waals surface area contributed by atoms with Crippen LogP contribution < -0.4 is 10.5 Å². The van der Waals surface area contributed by atoms with Crippen LogP contribution in [0.2, 0.25) is 0 Å². The van der Waals surface area contributed by atoms with Crippen molar-refractivity contribution in [2.45, 2.75) is 22.3 Å². The summed E-state index contributed by atoms with van der Waals surface area (Å²) in [4.78, 5) is 13.7. The van der Waals surface area contributed by atoms with E-state index in [1.54, 1.807) is 11.8 Å². The van der Waals surface area contributed by atoms with E-state index >= 15 is 0 Å². The van der Waals surface area contributed by atoms with Gasteiger partial charge in [-0.1, -0.05) is 18.2 Å². The van der Waals surface area contributed by atoms with Gasteiger partial charge in [0.2, 0.25) is 10.0 Å². The molecule has 11 heteroatoms. The van der Waals surface area contributed by atoms with Crippen LogP contribution in [0, 0.1) is 10.1 Å². The molecule has 29 heavy (non-hydrogen) atoms. The van der Waals surface area contributed by atoms with Crippen LogP contribution in [0.1, 0.15) is 6.42 Å². The summed E-state index contributed by atoms with van der Waals surface area (Å²) in [6.07, 6.45) is 0.765. The highest BCUT2D eigenvalue weighted by Gasteiger charge is 2.21. The summed E-state index contributed by atoms with van der Waals surface area (Å²) in [6.45, 7) is 0.802. The summed E-state index contributed by atoms with van der Waals surface area (Å²) in [6, 6.07) is 13.5. The predicted molar refractivity (Wildman–Crippen MR) is 119 cm³/mol. The second kappa shape index (κ2) is 11.4. The van der Waals surface area contributed by atoms with Crippen molar-refractivity contribution in [2.75, 3.05) is 31.7 Å². The van der Waals surface area contributed by atoms with Crippen molar-refractivity contribution in [1.82, 2.24) is 4.90 Å². The highest BCUT2D eigenvalue weighted by molar-refractivity contribution is 7.99. The first kappa shape index (κ1) is 25.2. The van der Waals surface area contributed by atoms with E-state index in [2.05, 4.69) is 5.32 Å². The standard InChI is InChI=1S/C18H24N4O4S2.ClH/c1-21(2)11-10-14(13-27-15-6-4-3-5-7-15)20-17-9-8-16(28(19,25)26)12-18(17)22(23)24;/h3-9,12,14,20H,10-11,13H2,1-2H3,(H2,19,25,26);1H/t14-;/m1./s1. The number of nitrogens with one attached hydrogen (secondary N) is 1. The van der Waals surface area contributed by atoms with Gasteiger partial charge >= 0.3 is 0 Å². The molecule has 3 N–H and O–H groups in total. The van der Waals surface area contributed by atoms with Gasteiger partial charge in [-0.2, -0.15) is 0 Å². The molecule has 0 amide bonds. The second-order valence-electron chi connectivity index (χ2n) is 6.54. The van der Waals surface area contributed by atoms with Gasteiger partial charge in [-0.05, 0) is 51.3 Å². The van der Waals surface area contributed by atoms with Crippen LogP contribution in [0.5, 0.6) is 0 Å². The maximum atomic E-state index is 11.5. The first-order valence-electron chi connectivity index (χ1n) is 8.57. The molecule has 0 saturated carbocycles. The summed E-state index contributed by atoms with van der Waals surface area (Å²) in [7, 11) is -0.0887. The summed E-state index contributed by atoms with van der Waals surface area (Å²) in [5.41, 5.74) is -0.0408. The maximum absolute atomic E-state index is 11.5. The lowest BCUT2D eigenvalue weighted by molar-refractivity contribution is -0.384. The lowest BCUT2D eigenvalue weighted by Gasteiger charge is -2.21. The summed E-state index contributed by atoms with van der Waals surface area (Å²) in [5, 5.41) is 19.7. The molecule has 2 aromatic carbocycles. The number of rotatable bonds is 10. The Balaban J connectivity index is 0.00000420. The van der Waals surface area contributed by atoms with E-state index in [4.69, 9.17) is 5.14 Å². The van der Waals surface area contributed by atoms with E-state index in [-0.39, 0.29) is 34.7 Å². The molecule has 0 spiro atoms. The number of nitro groups is 1. The van der Waals surface area contributed by atoms with Gasteiger partial charge in [0.05, 0.1) is 9.82 Å². The van der Waals surface area contributed by atoms with Crippen LogP contribution in [-0.4, -0.2) is 50.7 Å². The van der Waals surface area contributed by atoms with Crippen molar-refractivity contribution >= 4 is 45.6 Å². The van der Waals surface area contributed by atoms with Crippen molar-refractivity contribution in [1.29, 1.82) is 0 Å².